The Labute approximate surface area is 98.6 Å². The number of nitrogens with zero attached hydrogens (tertiary/aromatic N) is 1. The molecule has 2 heterocycles. The second-order valence-electron chi connectivity index (χ2n) is 4.23. The van der Waals surface area contributed by atoms with Gasteiger partial charge in [0.15, 0.2) is 0 Å². The first-order valence-electron chi connectivity index (χ1n) is 5.56. The molecule has 2 aromatic rings. The molecule has 1 N–H and O–H groups in total. The fourth-order valence-corrected chi connectivity index (χ4v) is 2.31. The average molecular weight is 228 g/mol. The van der Waals surface area contributed by atoms with Gasteiger partial charge in [-0.05, 0) is 12.5 Å². The largest absolute Gasteiger partial charge is 0.338 e. The summed E-state index contributed by atoms with van der Waals surface area (Å²) in [5, 5.41) is 6.63. The van der Waals surface area contributed by atoms with E-state index >= 15 is 0 Å². The van der Waals surface area contributed by atoms with Crippen molar-refractivity contribution in [3.05, 3.63) is 47.2 Å². The Hall–Kier alpha value is -2.10. The maximum Gasteiger partial charge on any atom is 0.235 e. The lowest BCUT2D eigenvalue weighted by Crippen LogP contribution is -2.22. The summed E-state index contributed by atoms with van der Waals surface area (Å²) in [5.74, 6) is 0.515. The van der Waals surface area contributed by atoms with E-state index in [-0.39, 0.29) is 11.8 Å². The molecule has 0 aliphatic carbocycles. The van der Waals surface area contributed by atoms with E-state index in [0.29, 0.717) is 12.3 Å². The first-order valence-corrected chi connectivity index (χ1v) is 5.56. The first-order chi connectivity index (χ1) is 8.25. The number of hydrogen-bond donors (Lipinski definition) is 1. The van der Waals surface area contributed by atoms with Crippen molar-refractivity contribution in [2.75, 3.05) is 5.32 Å². The van der Waals surface area contributed by atoms with E-state index in [1.807, 2.05) is 37.3 Å². The molecule has 86 valence electrons. The van der Waals surface area contributed by atoms with Gasteiger partial charge in [0.05, 0.1) is 5.69 Å². The van der Waals surface area contributed by atoms with Crippen molar-refractivity contribution in [1.82, 2.24) is 5.16 Å². The molecule has 1 aromatic carbocycles. The summed E-state index contributed by atoms with van der Waals surface area (Å²) in [5.41, 5.74) is 2.96. The molecule has 4 heteroatoms. The van der Waals surface area contributed by atoms with Crippen LogP contribution in [0.2, 0.25) is 0 Å². The van der Waals surface area contributed by atoms with Crippen LogP contribution in [0.15, 0.2) is 34.9 Å². The van der Waals surface area contributed by atoms with Gasteiger partial charge in [-0.3, -0.25) is 10.1 Å². The molecule has 1 amide bonds. The fraction of sp³-hybridized carbons (Fsp3) is 0.231. The SMILES string of the molecule is Cc1noc2c1[C@@H](c1ccccc1)CC(=O)N2. The van der Waals surface area contributed by atoms with Crippen LogP contribution in [0.5, 0.6) is 0 Å². The Morgan fingerprint density at radius 3 is 2.88 bits per heavy atom. The van der Waals surface area contributed by atoms with Crippen LogP contribution in [0.1, 0.15) is 29.2 Å². The average Bonchev–Trinajstić information content (AvgIpc) is 2.71. The lowest BCUT2D eigenvalue weighted by atomic mass is 9.86. The summed E-state index contributed by atoms with van der Waals surface area (Å²) in [6.45, 7) is 1.90. The van der Waals surface area contributed by atoms with Gasteiger partial charge in [-0.15, -0.1) is 0 Å². The Kier molecular flexibility index (Phi) is 2.21. The minimum Gasteiger partial charge on any atom is -0.338 e. The summed E-state index contributed by atoms with van der Waals surface area (Å²) in [4.78, 5) is 11.6. The third kappa shape index (κ3) is 1.62. The normalized spacial score (nSPS) is 18.6. The van der Waals surface area contributed by atoms with E-state index in [1.54, 1.807) is 0 Å². The minimum absolute atomic E-state index is 0.0255. The number of carbonyl (C=O) groups is 1. The number of carbonyl (C=O) groups excluding carboxylic acids is 1. The smallest absolute Gasteiger partial charge is 0.235 e. The third-order valence-corrected chi connectivity index (χ3v) is 3.10. The first kappa shape index (κ1) is 10.1. The number of benzene rings is 1. The summed E-state index contributed by atoms with van der Waals surface area (Å²) in [6, 6.07) is 9.97. The van der Waals surface area contributed by atoms with Crippen LogP contribution in [0, 0.1) is 6.92 Å². The summed E-state index contributed by atoms with van der Waals surface area (Å²) in [7, 11) is 0. The van der Waals surface area contributed by atoms with Gasteiger partial charge in [-0.2, -0.15) is 0 Å². The molecule has 17 heavy (non-hydrogen) atoms. The van der Waals surface area contributed by atoms with Gasteiger partial charge in [0.25, 0.3) is 0 Å². The van der Waals surface area contributed by atoms with Crippen molar-refractivity contribution in [1.29, 1.82) is 0 Å². The zero-order valence-electron chi connectivity index (χ0n) is 9.43. The van der Waals surface area contributed by atoms with Crippen LogP contribution in [-0.4, -0.2) is 11.1 Å². The van der Waals surface area contributed by atoms with Gasteiger partial charge < -0.3 is 4.52 Å². The van der Waals surface area contributed by atoms with E-state index in [0.717, 1.165) is 16.8 Å². The summed E-state index contributed by atoms with van der Waals surface area (Å²) >= 11 is 0. The molecule has 0 radical (unpaired) electrons. The molecule has 0 saturated carbocycles. The summed E-state index contributed by atoms with van der Waals surface area (Å²) < 4.78 is 5.13. The van der Waals surface area contributed by atoms with Gasteiger partial charge in [0.2, 0.25) is 11.8 Å². The second kappa shape index (κ2) is 3.73. The van der Waals surface area contributed by atoms with Crippen LogP contribution in [0.4, 0.5) is 5.88 Å². The third-order valence-electron chi connectivity index (χ3n) is 3.10. The number of nitrogens with one attached hydrogen (secondary N) is 1. The molecule has 0 bridgehead atoms. The highest BCUT2D eigenvalue weighted by Crippen LogP contribution is 2.38. The van der Waals surface area contributed by atoms with Crippen LogP contribution in [0.25, 0.3) is 0 Å². The van der Waals surface area contributed by atoms with Crippen molar-refractivity contribution in [2.45, 2.75) is 19.3 Å². The lowest BCUT2D eigenvalue weighted by molar-refractivity contribution is -0.116. The summed E-state index contributed by atoms with van der Waals surface area (Å²) in [6.07, 6.45) is 0.444. The Balaban J connectivity index is 2.12. The number of hydrogen-bond acceptors (Lipinski definition) is 3. The molecular formula is C13H12N2O2. The van der Waals surface area contributed by atoms with E-state index in [1.165, 1.54) is 0 Å². The van der Waals surface area contributed by atoms with E-state index in [9.17, 15) is 4.79 Å². The van der Waals surface area contributed by atoms with Gasteiger partial charge in [-0.25, -0.2) is 0 Å². The molecule has 1 aliphatic rings. The predicted octanol–water partition coefficient (Wildman–Crippen LogP) is 2.46. The second-order valence-corrected chi connectivity index (χ2v) is 4.23. The maximum absolute atomic E-state index is 11.6. The highest BCUT2D eigenvalue weighted by atomic mass is 16.5. The Morgan fingerprint density at radius 2 is 2.12 bits per heavy atom. The zero-order chi connectivity index (χ0) is 11.8. The predicted molar refractivity (Wildman–Crippen MR) is 62.8 cm³/mol. The highest BCUT2D eigenvalue weighted by Gasteiger charge is 2.31. The number of amides is 1. The van der Waals surface area contributed by atoms with Crippen molar-refractivity contribution >= 4 is 11.8 Å². The fourth-order valence-electron chi connectivity index (χ4n) is 2.31. The highest BCUT2D eigenvalue weighted by molar-refractivity contribution is 5.93. The molecule has 0 spiro atoms. The van der Waals surface area contributed by atoms with Crippen molar-refractivity contribution in [3.63, 3.8) is 0 Å². The molecule has 0 fully saturated rings. The van der Waals surface area contributed by atoms with Crippen LogP contribution in [0.3, 0.4) is 0 Å². The van der Waals surface area contributed by atoms with E-state index in [2.05, 4.69) is 10.5 Å². The molecule has 1 aromatic heterocycles. The minimum atomic E-state index is -0.0255. The molecule has 0 saturated heterocycles. The van der Waals surface area contributed by atoms with Crippen molar-refractivity contribution in [2.24, 2.45) is 0 Å². The number of aromatic nitrogens is 1. The molecular weight excluding hydrogens is 216 g/mol. The quantitative estimate of drug-likeness (QED) is 0.815. The van der Waals surface area contributed by atoms with E-state index < -0.39 is 0 Å². The number of aryl methyl sites for hydroxylation is 1. The maximum atomic E-state index is 11.6. The Morgan fingerprint density at radius 1 is 1.35 bits per heavy atom. The van der Waals surface area contributed by atoms with Gasteiger partial charge in [0, 0.05) is 17.9 Å². The van der Waals surface area contributed by atoms with Gasteiger partial charge in [-0.1, -0.05) is 35.5 Å². The van der Waals surface area contributed by atoms with Crippen LogP contribution < -0.4 is 5.32 Å². The monoisotopic (exact) mass is 228 g/mol. The van der Waals surface area contributed by atoms with Crippen molar-refractivity contribution < 1.29 is 9.32 Å². The number of fused-ring (bicyclic) bond motifs is 1. The van der Waals surface area contributed by atoms with Gasteiger partial charge in [0.1, 0.15) is 0 Å². The zero-order valence-corrected chi connectivity index (χ0v) is 9.43. The topological polar surface area (TPSA) is 55.1 Å². The Bertz CT molecular complexity index is 560. The molecule has 3 rings (SSSR count). The van der Waals surface area contributed by atoms with Crippen molar-refractivity contribution in [3.8, 4) is 0 Å². The molecule has 1 atom stereocenters. The van der Waals surface area contributed by atoms with Crippen LogP contribution >= 0.6 is 0 Å². The van der Waals surface area contributed by atoms with Gasteiger partial charge >= 0.3 is 0 Å². The molecule has 1 aliphatic heterocycles. The van der Waals surface area contributed by atoms with Crippen LogP contribution in [-0.2, 0) is 4.79 Å². The molecule has 0 unspecified atom stereocenters. The lowest BCUT2D eigenvalue weighted by Gasteiger charge is -2.21. The number of rotatable bonds is 1. The van der Waals surface area contributed by atoms with E-state index in [4.69, 9.17) is 4.52 Å². The number of anilines is 1. The standard InChI is InChI=1S/C13H12N2O2/c1-8-12-10(9-5-3-2-4-6-9)7-11(16)14-13(12)17-15-8/h2-6,10H,7H2,1H3,(H,14,16)/t10-/m1/s1. The molecule has 4 nitrogen and oxygen atoms in total.